The number of aromatic nitrogens is 1. The van der Waals surface area contributed by atoms with Gasteiger partial charge in [-0.1, -0.05) is 18.6 Å². The zero-order chi connectivity index (χ0) is 12.4. The van der Waals surface area contributed by atoms with Crippen LogP contribution in [0, 0.1) is 0 Å². The molecule has 0 bridgehead atoms. The summed E-state index contributed by atoms with van der Waals surface area (Å²) in [6, 6.07) is 6.46. The minimum atomic E-state index is -0.384. The van der Waals surface area contributed by atoms with E-state index in [-0.39, 0.29) is 6.10 Å². The molecule has 1 saturated heterocycles. The number of aliphatic hydroxyl groups excluding tert-OH is 1. The van der Waals surface area contributed by atoms with Crippen molar-refractivity contribution < 1.29 is 5.11 Å². The van der Waals surface area contributed by atoms with Gasteiger partial charge in [0.25, 0.3) is 0 Å². The lowest BCUT2D eigenvalue weighted by Crippen LogP contribution is -2.35. The van der Waals surface area contributed by atoms with Gasteiger partial charge in [0, 0.05) is 6.04 Å². The van der Waals surface area contributed by atoms with Crippen molar-refractivity contribution in [1.29, 1.82) is 0 Å². The van der Waals surface area contributed by atoms with Crippen LogP contribution in [-0.4, -0.2) is 22.7 Å². The van der Waals surface area contributed by atoms with Crippen LogP contribution >= 0.6 is 11.3 Å². The highest BCUT2D eigenvalue weighted by Crippen LogP contribution is 2.30. The number of piperidine rings is 1. The third kappa shape index (κ3) is 2.41. The predicted octanol–water partition coefficient (Wildman–Crippen LogP) is 2.86. The first-order valence-corrected chi connectivity index (χ1v) is 7.46. The second-order valence-electron chi connectivity index (χ2n) is 4.95. The van der Waals surface area contributed by atoms with E-state index < -0.39 is 0 Å². The summed E-state index contributed by atoms with van der Waals surface area (Å²) in [4.78, 5) is 4.30. The fraction of sp³-hybridized carbons (Fsp3) is 0.500. The lowest BCUT2D eigenvalue weighted by atomic mass is 9.96. The third-order valence-corrected chi connectivity index (χ3v) is 4.56. The van der Waals surface area contributed by atoms with E-state index in [2.05, 4.69) is 10.3 Å². The van der Waals surface area contributed by atoms with Crippen molar-refractivity contribution in [3.63, 3.8) is 0 Å². The molecule has 1 aliphatic heterocycles. The second kappa shape index (κ2) is 5.34. The molecule has 2 aromatic rings. The van der Waals surface area contributed by atoms with Crippen LogP contribution in [0.15, 0.2) is 23.7 Å². The summed E-state index contributed by atoms with van der Waals surface area (Å²) < 4.78 is 1.13. The second-order valence-corrected chi connectivity index (χ2v) is 5.80. The standard InChI is InChI=1S/C14H18N2OS/c17-13(8-10-4-1-2-7-15-10)11-5-3-6-12-14(11)18-9-16-12/h3,5-6,9-10,13,15,17H,1-2,4,7-8H2. The number of fused-ring (bicyclic) bond motifs is 1. The Morgan fingerprint density at radius 2 is 2.39 bits per heavy atom. The van der Waals surface area contributed by atoms with Crippen molar-refractivity contribution in [2.45, 2.75) is 37.8 Å². The number of thiazole rings is 1. The minimum Gasteiger partial charge on any atom is -0.388 e. The van der Waals surface area contributed by atoms with E-state index in [1.54, 1.807) is 11.3 Å². The summed E-state index contributed by atoms with van der Waals surface area (Å²) in [6.45, 7) is 1.09. The first kappa shape index (κ1) is 12.1. The molecule has 96 valence electrons. The molecular weight excluding hydrogens is 244 g/mol. The van der Waals surface area contributed by atoms with E-state index in [1.807, 2.05) is 23.7 Å². The zero-order valence-electron chi connectivity index (χ0n) is 10.3. The lowest BCUT2D eigenvalue weighted by Gasteiger charge is -2.25. The molecule has 2 N–H and O–H groups in total. The van der Waals surface area contributed by atoms with Gasteiger partial charge in [0.05, 0.1) is 21.8 Å². The monoisotopic (exact) mass is 262 g/mol. The lowest BCUT2D eigenvalue weighted by molar-refractivity contribution is 0.146. The molecule has 0 aliphatic carbocycles. The van der Waals surface area contributed by atoms with Crippen LogP contribution in [0.4, 0.5) is 0 Å². The molecule has 1 aromatic carbocycles. The van der Waals surface area contributed by atoms with Crippen LogP contribution in [-0.2, 0) is 0 Å². The molecule has 1 aromatic heterocycles. The third-order valence-electron chi connectivity index (χ3n) is 3.67. The molecule has 2 atom stereocenters. The molecule has 2 heterocycles. The van der Waals surface area contributed by atoms with Gasteiger partial charge in [0.2, 0.25) is 0 Å². The number of nitrogens with zero attached hydrogens (tertiary/aromatic N) is 1. The maximum atomic E-state index is 10.4. The average Bonchev–Trinajstić information content (AvgIpc) is 2.87. The van der Waals surface area contributed by atoms with Crippen LogP contribution in [0.3, 0.4) is 0 Å². The maximum Gasteiger partial charge on any atom is 0.0819 e. The first-order chi connectivity index (χ1) is 8.84. The van der Waals surface area contributed by atoms with Crippen molar-refractivity contribution >= 4 is 21.6 Å². The van der Waals surface area contributed by atoms with Gasteiger partial charge in [0.1, 0.15) is 0 Å². The first-order valence-electron chi connectivity index (χ1n) is 6.58. The van der Waals surface area contributed by atoms with E-state index in [0.717, 1.165) is 28.7 Å². The Hall–Kier alpha value is -0.970. The summed E-state index contributed by atoms with van der Waals surface area (Å²) in [6.07, 6.45) is 4.13. The minimum absolute atomic E-state index is 0.384. The fourth-order valence-corrected chi connectivity index (χ4v) is 3.55. The summed E-state index contributed by atoms with van der Waals surface area (Å²) in [5, 5.41) is 13.9. The molecule has 1 fully saturated rings. The van der Waals surface area contributed by atoms with Crippen molar-refractivity contribution in [2.24, 2.45) is 0 Å². The summed E-state index contributed by atoms with van der Waals surface area (Å²) >= 11 is 1.61. The molecular formula is C14H18N2OS. The van der Waals surface area contributed by atoms with Gasteiger partial charge in [-0.15, -0.1) is 11.3 Å². The van der Waals surface area contributed by atoms with E-state index in [0.29, 0.717) is 6.04 Å². The van der Waals surface area contributed by atoms with Crippen LogP contribution in [0.5, 0.6) is 0 Å². The van der Waals surface area contributed by atoms with Crippen LogP contribution < -0.4 is 5.32 Å². The number of hydrogen-bond donors (Lipinski definition) is 2. The molecule has 0 spiro atoms. The molecule has 1 aliphatic rings. The van der Waals surface area contributed by atoms with Gasteiger partial charge in [-0.3, -0.25) is 0 Å². The largest absolute Gasteiger partial charge is 0.388 e. The van der Waals surface area contributed by atoms with E-state index >= 15 is 0 Å². The maximum absolute atomic E-state index is 10.4. The molecule has 3 rings (SSSR count). The van der Waals surface area contributed by atoms with Crippen molar-refractivity contribution in [3.05, 3.63) is 29.3 Å². The SMILES string of the molecule is OC(CC1CCCCN1)c1cccc2ncsc12. The van der Waals surface area contributed by atoms with E-state index in [9.17, 15) is 5.11 Å². The van der Waals surface area contributed by atoms with E-state index in [1.165, 1.54) is 19.3 Å². The van der Waals surface area contributed by atoms with Crippen LogP contribution in [0.25, 0.3) is 10.2 Å². The summed E-state index contributed by atoms with van der Waals surface area (Å²) in [5.41, 5.74) is 3.87. The Balaban J connectivity index is 1.78. The molecule has 0 radical (unpaired) electrons. The van der Waals surface area contributed by atoms with Crippen molar-refractivity contribution in [3.8, 4) is 0 Å². The quantitative estimate of drug-likeness (QED) is 0.894. The molecule has 0 saturated carbocycles. The molecule has 2 unspecified atom stereocenters. The highest BCUT2D eigenvalue weighted by atomic mass is 32.1. The molecule has 18 heavy (non-hydrogen) atoms. The van der Waals surface area contributed by atoms with Gasteiger partial charge < -0.3 is 10.4 Å². The number of aliphatic hydroxyl groups is 1. The number of hydrogen-bond acceptors (Lipinski definition) is 4. The number of rotatable bonds is 3. The number of benzene rings is 1. The Kier molecular flexibility index (Phi) is 3.59. The Bertz CT molecular complexity index is 519. The van der Waals surface area contributed by atoms with Crippen molar-refractivity contribution in [2.75, 3.05) is 6.54 Å². The number of nitrogens with one attached hydrogen (secondary N) is 1. The van der Waals surface area contributed by atoms with Gasteiger partial charge >= 0.3 is 0 Å². The van der Waals surface area contributed by atoms with Gasteiger partial charge in [-0.2, -0.15) is 0 Å². The molecule has 3 nitrogen and oxygen atoms in total. The van der Waals surface area contributed by atoms with Gasteiger partial charge in [-0.25, -0.2) is 4.98 Å². The highest BCUT2D eigenvalue weighted by molar-refractivity contribution is 7.16. The Labute approximate surface area is 111 Å². The normalized spacial score (nSPS) is 22.2. The topological polar surface area (TPSA) is 45.1 Å². The van der Waals surface area contributed by atoms with Gasteiger partial charge in [-0.05, 0) is 37.4 Å². The fourth-order valence-electron chi connectivity index (χ4n) is 2.69. The smallest absolute Gasteiger partial charge is 0.0819 e. The van der Waals surface area contributed by atoms with Crippen molar-refractivity contribution in [1.82, 2.24) is 10.3 Å². The average molecular weight is 262 g/mol. The Morgan fingerprint density at radius 3 is 3.22 bits per heavy atom. The zero-order valence-corrected chi connectivity index (χ0v) is 11.1. The summed E-state index contributed by atoms with van der Waals surface area (Å²) in [7, 11) is 0. The Morgan fingerprint density at radius 1 is 1.44 bits per heavy atom. The molecule has 0 amide bonds. The summed E-state index contributed by atoms with van der Waals surface area (Å²) in [5.74, 6) is 0. The predicted molar refractivity (Wildman–Crippen MR) is 74.8 cm³/mol. The van der Waals surface area contributed by atoms with Gasteiger partial charge in [0.15, 0.2) is 0 Å². The highest BCUT2D eigenvalue weighted by Gasteiger charge is 2.19. The van der Waals surface area contributed by atoms with Crippen LogP contribution in [0.2, 0.25) is 0 Å². The van der Waals surface area contributed by atoms with E-state index in [4.69, 9.17) is 0 Å². The van der Waals surface area contributed by atoms with Crippen LogP contribution in [0.1, 0.15) is 37.4 Å². The molecule has 4 heteroatoms.